The van der Waals surface area contributed by atoms with Crippen molar-refractivity contribution < 1.29 is 14.3 Å². The fourth-order valence-electron chi connectivity index (χ4n) is 4.23. The van der Waals surface area contributed by atoms with Crippen LogP contribution in [-0.4, -0.2) is 33.0 Å². The number of thioether (sulfide) groups is 1. The third-order valence-electron chi connectivity index (χ3n) is 5.97. The van der Waals surface area contributed by atoms with Crippen LogP contribution in [0.4, 0.5) is 5.69 Å². The van der Waals surface area contributed by atoms with Crippen molar-refractivity contribution in [1.29, 1.82) is 0 Å². The fraction of sp³-hybridized carbons (Fsp3) is 0.423. The van der Waals surface area contributed by atoms with Crippen LogP contribution in [0, 0.1) is 6.92 Å². The molecule has 0 atom stereocenters. The number of nitrogens with one attached hydrogen (secondary N) is 1. The average molecular weight is 515 g/mol. The van der Waals surface area contributed by atoms with Crippen LogP contribution in [-0.2, 0) is 11.4 Å². The van der Waals surface area contributed by atoms with E-state index in [0.29, 0.717) is 35.7 Å². The van der Waals surface area contributed by atoms with Crippen molar-refractivity contribution in [1.82, 2.24) is 14.8 Å². The van der Waals surface area contributed by atoms with Crippen LogP contribution >= 0.6 is 23.4 Å². The first-order valence-corrected chi connectivity index (χ1v) is 13.4. The molecular weight excluding hydrogens is 484 g/mol. The number of carbonyl (C=O) groups excluding carboxylic acids is 1. The molecular formula is C26H31ClN4O3S. The Kier molecular flexibility index (Phi) is 8.93. The summed E-state index contributed by atoms with van der Waals surface area (Å²) in [5, 5.41) is 13.3. The van der Waals surface area contributed by atoms with Gasteiger partial charge in [-0.2, -0.15) is 0 Å². The molecule has 1 aromatic heterocycles. The molecule has 1 N–H and O–H groups in total. The standard InChI is InChI=1S/C26H31ClN4O3S/c1-3-33-23-12-8-7-11-22(23)28-25(32)17-35-26-30-29-24(31(26)19-9-5-4-6-10-19)16-34-20-13-14-21(27)18(2)15-20/h7-8,11-15,19H,3-6,9-10,16-17H2,1-2H3,(H,28,32). The van der Waals surface area contributed by atoms with Gasteiger partial charge in [0.15, 0.2) is 11.0 Å². The smallest absolute Gasteiger partial charge is 0.234 e. The molecule has 1 heterocycles. The molecule has 3 aromatic rings. The molecule has 0 unspecified atom stereocenters. The molecule has 1 fully saturated rings. The summed E-state index contributed by atoms with van der Waals surface area (Å²) in [5.74, 6) is 2.29. The van der Waals surface area contributed by atoms with Crippen LogP contribution in [0.25, 0.3) is 0 Å². The summed E-state index contributed by atoms with van der Waals surface area (Å²) in [6.45, 7) is 4.71. The Morgan fingerprint density at radius 2 is 1.94 bits per heavy atom. The Morgan fingerprint density at radius 1 is 1.14 bits per heavy atom. The van der Waals surface area contributed by atoms with Gasteiger partial charge in [-0.1, -0.05) is 54.8 Å². The van der Waals surface area contributed by atoms with Gasteiger partial charge in [0.1, 0.15) is 18.1 Å². The van der Waals surface area contributed by atoms with Crippen LogP contribution in [0.1, 0.15) is 56.5 Å². The number of para-hydroxylation sites is 2. The van der Waals surface area contributed by atoms with Gasteiger partial charge in [0.05, 0.1) is 18.0 Å². The molecule has 35 heavy (non-hydrogen) atoms. The summed E-state index contributed by atoms with van der Waals surface area (Å²) in [4.78, 5) is 12.7. The second kappa shape index (κ2) is 12.3. The van der Waals surface area contributed by atoms with Gasteiger partial charge < -0.3 is 14.8 Å². The van der Waals surface area contributed by atoms with Gasteiger partial charge in [0, 0.05) is 11.1 Å². The van der Waals surface area contributed by atoms with Crippen molar-refractivity contribution in [2.75, 3.05) is 17.7 Å². The largest absolute Gasteiger partial charge is 0.492 e. The zero-order valence-electron chi connectivity index (χ0n) is 20.1. The molecule has 1 saturated carbocycles. The maximum absolute atomic E-state index is 12.7. The van der Waals surface area contributed by atoms with Crippen LogP contribution in [0.3, 0.4) is 0 Å². The molecule has 0 bridgehead atoms. The van der Waals surface area contributed by atoms with E-state index in [1.807, 2.05) is 56.3 Å². The van der Waals surface area contributed by atoms with Crippen LogP contribution in [0.2, 0.25) is 5.02 Å². The highest BCUT2D eigenvalue weighted by molar-refractivity contribution is 7.99. The maximum atomic E-state index is 12.7. The van der Waals surface area contributed by atoms with Crippen molar-refractivity contribution >= 4 is 35.0 Å². The number of hydrogen-bond donors (Lipinski definition) is 1. The summed E-state index contributed by atoms with van der Waals surface area (Å²) >= 11 is 7.54. The minimum absolute atomic E-state index is 0.116. The topological polar surface area (TPSA) is 78.3 Å². The summed E-state index contributed by atoms with van der Waals surface area (Å²) in [7, 11) is 0. The molecule has 4 rings (SSSR count). The van der Waals surface area contributed by atoms with E-state index in [1.165, 1.54) is 31.0 Å². The number of carbonyl (C=O) groups is 1. The number of hydrogen-bond acceptors (Lipinski definition) is 6. The second-order valence-electron chi connectivity index (χ2n) is 8.53. The van der Waals surface area contributed by atoms with Gasteiger partial charge in [-0.25, -0.2) is 0 Å². The van der Waals surface area contributed by atoms with Gasteiger partial charge in [-0.05, 0) is 62.6 Å². The lowest BCUT2D eigenvalue weighted by Gasteiger charge is -2.25. The summed E-state index contributed by atoms with van der Waals surface area (Å²) < 4.78 is 13.8. The molecule has 0 radical (unpaired) electrons. The van der Waals surface area contributed by atoms with E-state index in [4.69, 9.17) is 21.1 Å². The second-order valence-corrected chi connectivity index (χ2v) is 9.88. The van der Waals surface area contributed by atoms with Gasteiger partial charge in [-0.3, -0.25) is 9.36 Å². The summed E-state index contributed by atoms with van der Waals surface area (Å²) in [6, 6.07) is 13.4. The van der Waals surface area contributed by atoms with Crippen molar-refractivity contribution in [3.63, 3.8) is 0 Å². The van der Waals surface area contributed by atoms with E-state index in [1.54, 1.807) is 0 Å². The van der Waals surface area contributed by atoms with E-state index in [-0.39, 0.29) is 11.7 Å². The number of nitrogens with zero attached hydrogens (tertiary/aromatic N) is 3. The highest BCUT2D eigenvalue weighted by Gasteiger charge is 2.24. The number of rotatable bonds is 10. The van der Waals surface area contributed by atoms with Crippen LogP contribution in [0.5, 0.6) is 11.5 Å². The first-order chi connectivity index (χ1) is 17.0. The monoisotopic (exact) mass is 514 g/mol. The molecule has 0 spiro atoms. The Labute approximate surface area is 215 Å². The first-order valence-electron chi connectivity index (χ1n) is 12.0. The Bertz CT molecular complexity index is 1150. The molecule has 1 aliphatic carbocycles. The molecule has 2 aromatic carbocycles. The Hall–Kier alpha value is -2.71. The van der Waals surface area contributed by atoms with Crippen molar-refractivity contribution in [2.45, 2.75) is 63.8 Å². The normalized spacial score (nSPS) is 14.0. The number of halogens is 1. The highest BCUT2D eigenvalue weighted by Crippen LogP contribution is 2.33. The first kappa shape index (κ1) is 25.4. The lowest BCUT2D eigenvalue weighted by atomic mass is 9.95. The zero-order chi connectivity index (χ0) is 24.6. The van der Waals surface area contributed by atoms with Crippen molar-refractivity contribution in [2.24, 2.45) is 0 Å². The van der Waals surface area contributed by atoms with Gasteiger partial charge in [0.2, 0.25) is 5.91 Å². The molecule has 9 heteroatoms. The number of aryl methyl sites for hydroxylation is 1. The summed E-state index contributed by atoms with van der Waals surface area (Å²) in [5.41, 5.74) is 1.63. The van der Waals surface area contributed by atoms with E-state index in [9.17, 15) is 4.79 Å². The van der Waals surface area contributed by atoms with E-state index < -0.39 is 0 Å². The summed E-state index contributed by atoms with van der Waals surface area (Å²) in [6.07, 6.45) is 5.76. The van der Waals surface area contributed by atoms with E-state index in [0.717, 1.165) is 35.1 Å². The molecule has 0 saturated heterocycles. The fourth-order valence-corrected chi connectivity index (χ4v) is 5.17. The van der Waals surface area contributed by atoms with Crippen LogP contribution < -0.4 is 14.8 Å². The minimum atomic E-state index is -0.116. The third-order valence-corrected chi connectivity index (χ3v) is 7.33. The van der Waals surface area contributed by atoms with Gasteiger partial charge in [-0.15, -0.1) is 10.2 Å². The highest BCUT2D eigenvalue weighted by atomic mass is 35.5. The van der Waals surface area contributed by atoms with E-state index >= 15 is 0 Å². The molecule has 186 valence electrons. The van der Waals surface area contributed by atoms with Gasteiger partial charge in [0.25, 0.3) is 0 Å². The average Bonchev–Trinajstić information content (AvgIpc) is 3.28. The Morgan fingerprint density at radius 3 is 2.71 bits per heavy atom. The SMILES string of the molecule is CCOc1ccccc1NC(=O)CSc1nnc(COc2ccc(Cl)c(C)c2)n1C1CCCCC1. The molecule has 0 aliphatic heterocycles. The van der Waals surface area contributed by atoms with Gasteiger partial charge >= 0.3 is 0 Å². The predicted molar refractivity (Wildman–Crippen MR) is 140 cm³/mol. The Balaban J connectivity index is 1.45. The lowest BCUT2D eigenvalue weighted by molar-refractivity contribution is -0.113. The number of amides is 1. The maximum Gasteiger partial charge on any atom is 0.234 e. The third kappa shape index (κ3) is 6.70. The van der Waals surface area contributed by atoms with Crippen molar-refractivity contribution in [3.8, 4) is 11.5 Å². The molecule has 7 nitrogen and oxygen atoms in total. The molecule has 1 amide bonds. The number of ether oxygens (including phenoxy) is 2. The quantitative estimate of drug-likeness (QED) is 0.313. The van der Waals surface area contributed by atoms with E-state index in [2.05, 4.69) is 20.1 Å². The van der Waals surface area contributed by atoms with Crippen molar-refractivity contribution in [3.05, 3.63) is 58.9 Å². The zero-order valence-corrected chi connectivity index (χ0v) is 21.7. The predicted octanol–water partition coefficient (Wildman–Crippen LogP) is 6.45. The van der Waals surface area contributed by atoms with Crippen LogP contribution in [0.15, 0.2) is 47.6 Å². The lowest BCUT2D eigenvalue weighted by Crippen LogP contribution is -2.19. The molecule has 1 aliphatic rings. The minimum Gasteiger partial charge on any atom is -0.492 e. The number of aromatic nitrogens is 3. The number of benzene rings is 2. The number of anilines is 1.